The minimum absolute atomic E-state index is 0. The summed E-state index contributed by atoms with van der Waals surface area (Å²) in [5.74, 6) is -0.931. The first-order valence-electron chi connectivity index (χ1n) is 1.83. The van der Waals surface area contributed by atoms with Crippen LogP contribution in [-0.4, -0.2) is 17.5 Å². The van der Waals surface area contributed by atoms with Gasteiger partial charge in [-0.1, -0.05) is 0 Å². The summed E-state index contributed by atoms with van der Waals surface area (Å²) < 4.78 is 4.48. The topological polar surface area (TPSA) is 32.8 Å². The Balaban J connectivity index is 0.000000360. The SMILES string of the molecule is [CH]CC1(O)CO1.[Ti]. The normalized spacial score (nSPS) is 36.9. The predicted octanol–water partition coefficient (Wildman–Crippen LogP) is -0.196. The largest absolute Gasteiger partial charge is 0.364 e. The Kier molecular flexibility index (Phi) is 2.47. The van der Waals surface area contributed by atoms with Crippen molar-refractivity contribution in [3.63, 3.8) is 0 Å². The molecule has 1 rings (SSSR count). The molecule has 0 aromatic rings. The molecule has 0 aromatic carbocycles. The van der Waals surface area contributed by atoms with Crippen LogP contribution in [0.1, 0.15) is 6.42 Å². The first-order valence-corrected chi connectivity index (χ1v) is 1.83. The molecule has 1 N–H and O–H groups in total. The number of hydrogen-bond donors (Lipinski definition) is 1. The van der Waals surface area contributed by atoms with E-state index in [1.807, 2.05) is 0 Å². The minimum atomic E-state index is -0.931. The molecule has 1 fully saturated rings. The van der Waals surface area contributed by atoms with E-state index in [4.69, 9.17) is 12.0 Å². The number of aliphatic hydroxyl groups is 1. The fraction of sp³-hybridized carbons (Fsp3) is 0.750. The molecular formula is C4H6O2Ti. The first-order chi connectivity index (χ1) is 2.77. The van der Waals surface area contributed by atoms with Gasteiger partial charge in [0.15, 0.2) is 5.79 Å². The summed E-state index contributed by atoms with van der Waals surface area (Å²) in [6, 6.07) is 0. The van der Waals surface area contributed by atoms with Crippen LogP contribution in [0.5, 0.6) is 0 Å². The van der Waals surface area contributed by atoms with Crippen molar-refractivity contribution in [3.05, 3.63) is 6.92 Å². The van der Waals surface area contributed by atoms with Gasteiger partial charge in [-0.25, -0.2) is 0 Å². The van der Waals surface area contributed by atoms with Crippen LogP contribution in [0, 0.1) is 6.92 Å². The second kappa shape index (κ2) is 2.27. The van der Waals surface area contributed by atoms with Gasteiger partial charge >= 0.3 is 0 Å². The Morgan fingerprint density at radius 1 is 1.86 bits per heavy atom. The van der Waals surface area contributed by atoms with Gasteiger partial charge in [0.05, 0.1) is 0 Å². The molecule has 38 valence electrons. The summed E-state index contributed by atoms with van der Waals surface area (Å²) in [5.41, 5.74) is 0. The molecule has 0 aromatic heterocycles. The fourth-order valence-electron chi connectivity index (χ4n) is 0.201. The van der Waals surface area contributed by atoms with Crippen molar-refractivity contribution in [1.82, 2.24) is 0 Å². The van der Waals surface area contributed by atoms with Gasteiger partial charge in [-0.05, 0) is 6.92 Å². The van der Waals surface area contributed by atoms with Crippen molar-refractivity contribution in [3.8, 4) is 0 Å². The van der Waals surface area contributed by atoms with E-state index < -0.39 is 5.79 Å². The maximum Gasteiger partial charge on any atom is 0.189 e. The van der Waals surface area contributed by atoms with Gasteiger partial charge in [-0.2, -0.15) is 0 Å². The van der Waals surface area contributed by atoms with Gasteiger partial charge in [0.1, 0.15) is 6.61 Å². The Bertz CT molecular complexity index is 60.7. The van der Waals surface area contributed by atoms with Crippen LogP contribution in [0.15, 0.2) is 0 Å². The van der Waals surface area contributed by atoms with Gasteiger partial charge in [-0.3, -0.25) is 0 Å². The first kappa shape index (κ1) is 7.63. The van der Waals surface area contributed by atoms with E-state index >= 15 is 0 Å². The Labute approximate surface area is 57.7 Å². The average Bonchev–Trinajstić information content (AvgIpc) is 2.22. The zero-order valence-electron chi connectivity index (χ0n) is 3.85. The van der Waals surface area contributed by atoms with Crippen molar-refractivity contribution in [2.24, 2.45) is 0 Å². The maximum atomic E-state index is 8.59. The van der Waals surface area contributed by atoms with E-state index in [0.29, 0.717) is 6.61 Å². The molecule has 1 aliphatic heterocycles. The van der Waals surface area contributed by atoms with Crippen molar-refractivity contribution >= 4 is 0 Å². The van der Waals surface area contributed by atoms with Crippen LogP contribution < -0.4 is 0 Å². The van der Waals surface area contributed by atoms with E-state index in [1.165, 1.54) is 0 Å². The molecule has 1 atom stereocenters. The molecule has 1 aliphatic rings. The third-order valence-electron chi connectivity index (χ3n) is 0.797. The summed E-state index contributed by atoms with van der Waals surface area (Å²) in [5, 5.41) is 8.59. The number of rotatable bonds is 1. The molecule has 7 heavy (non-hydrogen) atoms. The molecular weight excluding hydrogens is 128 g/mol. The van der Waals surface area contributed by atoms with Gasteiger partial charge in [-0.15, -0.1) is 0 Å². The molecule has 0 amide bonds. The third-order valence-corrected chi connectivity index (χ3v) is 0.797. The molecule has 2 nitrogen and oxygen atoms in total. The third kappa shape index (κ3) is 1.91. The molecule has 1 unspecified atom stereocenters. The summed E-state index contributed by atoms with van der Waals surface area (Å²) in [4.78, 5) is 0. The zero-order valence-corrected chi connectivity index (χ0v) is 5.41. The van der Waals surface area contributed by atoms with E-state index in [-0.39, 0.29) is 28.1 Å². The summed E-state index contributed by atoms with van der Waals surface area (Å²) >= 11 is 0. The fourth-order valence-corrected chi connectivity index (χ4v) is 0.201. The predicted molar refractivity (Wildman–Crippen MR) is 19.8 cm³/mol. The quantitative estimate of drug-likeness (QED) is 0.398. The van der Waals surface area contributed by atoms with Crippen LogP contribution in [-0.2, 0) is 26.5 Å². The second-order valence-electron chi connectivity index (χ2n) is 1.44. The van der Waals surface area contributed by atoms with Crippen LogP contribution in [0.2, 0.25) is 0 Å². The monoisotopic (exact) mass is 134 g/mol. The summed E-state index contributed by atoms with van der Waals surface area (Å²) in [7, 11) is 0. The smallest absolute Gasteiger partial charge is 0.189 e. The molecule has 0 saturated carbocycles. The van der Waals surface area contributed by atoms with Crippen LogP contribution in [0.25, 0.3) is 0 Å². The molecule has 3 heteroatoms. The minimum Gasteiger partial charge on any atom is -0.364 e. The summed E-state index contributed by atoms with van der Waals surface area (Å²) in [6.45, 7) is 5.40. The van der Waals surface area contributed by atoms with E-state index in [9.17, 15) is 0 Å². The molecule has 0 bridgehead atoms. The van der Waals surface area contributed by atoms with Crippen molar-refractivity contribution in [1.29, 1.82) is 0 Å². The van der Waals surface area contributed by atoms with Crippen molar-refractivity contribution in [2.75, 3.05) is 6.61 Å². The van der Waals surface area contributed by atoms with Crippen LogP contribution >= 0.6 is 0 Å². The second-order valence-corrected chi connectivity index (χ2v) is 1.44. The van der Waals surface area contributed by atoms with Crippen LogP contribution in [0.4, 0.5) is 0 Å². The van der Waals surface area contributed by atoms with Gasteiger partial charge in [0.2, 0.25) is 0 Å². The summed E-state index contributed by atoms with van der Waals surface area (Å²) in [6.07, 6.45) is 0.215. The van der Waals surface area contributed by atoms with E-state index in [1.54, 1.807) is 0 Å². The van der Waals surface area contributed by atoms with Crippen molar-refractivity contribution < 1.29 is 31.6 Å². The van der Waals surface area contributed by atoms with E-state index in [0.717, 1.165) is 0 Å². The van der Waals surface area contributed by atoms with E-state index in [2.05, 4.69) is 4.74 Å². The number of ether oxygens (including phenoxy) is 1. The van der Waals surface area contributed by atoms with Crippen LogP contribution in [0.3, 0.4) is 0 Å². The van der Waals surface area contributed by atoms with Gasteiger partial charge in [0, 0.05) is 28.1 Å². The Hall–Kier alpha value is 0.634. The Morgan fingerprint density at radius 3 is 2.29 bits per heavy atom. The molecule has 0 aliphatic carbocycles. The molecule has 1 saturated heterocycles. The molecule has 2 radical (unpaired) electrons. The van der Waals surface area contributed by atoms with Gasteiger partial charge in [0.25, 0.3) is 0 Å². The maximum absolute atomic E-state index is 8.59. The van der Waals surface area contributed by atoms with Gasteiger partial charge < -0.3 is 9.84 Å². The standard InChI is InChI=1S/C4H6O2.Ti/c1-2-4(5)3-6-4;/h1,5H,2-3H2;. The average molecular weight is 134 g/mol. The van der Waals surface area contributed by atoms with Crippen molar-refractivity contribution in [2.45, 2.75) is 12.2 Å². The number of hydrogen-bond acceptors (Lipinski definition) is 2. The molecule has 0 spiro atoms. The zero-order chi connectivity index (χ0) is 4.62. The Morgan fingerprint density at radius 2 is 2.29 bits per heavy atom. The molecule has 1 heterocycles. The number of epoxide rings is 1.